The van der Waals surface area contributed by atoms with Crippen molar-refractivity contribution in [3.8, 4) is 16.9 Å². The number of carbonyl (C=O) groups excluding carboxylic acids is 1. The predicted octanol–water partition coefficient (Wildman–Crippen LogP) is 3.73. The van der Waals surface area contributed by atoms with Gasteiger partial charge in [-0.3, -0.25) is 9.59 Å². The molecule has 6 nitrogen and oxygen atoms in total. The Morgan fingerprint density at radius 1 is 1.10 bits per heavy atom. The SMILES string of the molecule is CCNC.Cc1c(-c2ccc(OC3CCN(C=O)CC3)cc2)ccc2ccc(=O)[nH]c12. The molecule has 0 radical (unpaired) electrons. The Kier molecular flexibility index (Phi) is 7.84. The summed E-state index contributed by atoms with van der Waals surface area (Å²) in [5.41, 5.74) is 4.02. The minimum Gasteiger partial charge on any atom is -0.490 e. The Bertz CT molecular complexity index is 1050. The van der Waals surface area contributed by atoms with Gasteiger partial charge < -0.3 is 19.9 Å². The van der Waals surface area contributed by atoms with Gasteiger partial charge in [0.15, 0.2) is 0 Å². The van der Waals surface area contributed by atoms with Crippen LogP contribution in [-0.4, -0.2) is 49.1 Å². The van der Waals surface area contributed by atoms with Crippen molar-refractivity contribution in [1.82, 2.24) is 15.2 Å². The second-order valence-corrected chi connectivity index (χ2v) is 7.72. The lowest BCUT2D eigenvalue weighted by molar-refractivity contribution is -0.119. The number of hydrogen-bond donors (Lipinski definition) is 2. The molecule has 164 valence electrons. The number of nitrogens with one attached hydrogen (secondary N) is 2. The molecule has 1 saturated heterocycles. The van der Waals surface area contributed by atoms with Crippen LogP contribution in [0.15, 0.2) is 53.3 Å². The summed E-state index contributed by atoms with van der Waals surface area (Å²) in [6, 6.07) is 15.6. The summed E-state index contributed by atoms with van der Waals surface area (Å²) in [6.07, 6.45) is 2.78. The van der Waals surface area contributed by atoms with Gasteiger partial charge in [-0.25, -0.2) is 0 Å². The van der Waals surface area contributed by atoms with Crippen LogP contribution < -0.4 is 15.6 Å². The monoisotopic (exact) mass is 421 g/mol. The third kappa shape index (κ3) is 5.73. The molecule has 31 heavy (non-hydrogen) atoms. The molecule has 0 aliphatic carbocycles. The van der Waals surface area contributed by atoms with Gasteiger partial charge in [-0.15, -0.1) is 0 Å². The number of benzene rings is 2. The van der Waals surface area contributed by atoms with Crippen molar-refractivity contribution in [2.45, 2.75) is 32.8 Å². The van der Waals surface area contributed by atoms with Crippen LogP contribution in [0.2, 0.25) is 0 Å². The minimum atomic E-state index is -0.0906. The van der Waals surface area contributed by atoms with Crippen molar-refractivity contribution in [3.63, 3.8) is 0 Å². The molecule has 2 N–H and O–H groups in total. The van der Waals surface area contributed by atoms with Gasteiger partial charge in [0.2, 0.25) is 12.0 Å². The lowest BCUT2D eigenvalue weighted by Crippen LogP contribution is -2.37. The molecule has 2 aromatic carbocycles. The fourth-order valence-electron chi connectivity index (χ4n) is 3.69. The third-order valence-electron chi connectivity index (χ3n) is 5.61. The van der Waals surface area contributed by atoms with E-state index in [-0.39, 0.29) is 11.7 Å². The summed E-state index contributed by atoms with van der Waals surface area (Å²) in [5.74, 6) is 0.843. The van der Waals surface area contributed by atoms with Gasteiger partial charge in [-0.2, -0.15) is 0 Å². The van der Waals surface area contributed by atoms with E-state index >= 15 is 0 Å². The van der Waals surface area contributed by atoms with E-state index in [1.165, 1.54) is 0 Å². The number of ether oxygens (including phenoxy) is 1. The van der Waals surface area contributed by atoms with E-state index in [0.29, 0.717) is 0 Å². The molecular formula is C25H31N3O3. The van der Waals surface area contributed by atoms with E-state index in [0.717, 1.165) is 72.2 Å². The van der Waals surface area contributed by atoms with Crippen molar-refractivity contribution in [1.29, 1.82) is 0 Å². The van der Waals surface area contributed by atoms with E-state index in [1.54, 1.807) is 11.0 Å². The standard InChI is InChI=1S/C22H22N2O3.C3H9N/c1-15-20(8-4-17-5-9-21(26)23-22(15)17)16-2-6-18(7-3-16)27-19-10-12-24(14-25)13-11-19;1-3-4-2/h2-9,14,19H,10-13H2,1H3,(H,23,26);4H,3H2,1-2H3. The van der Waals surface area contributed by atoms with Gasteiger partial charge >= 0.3 is 0 Å². The first kappa shape index (κ1) is 22.6. The number of hydrogen-bond acceptors (Lipinski definition) is 4. The first-order valence-electron chi connectivity index (χ1n) is 10.8. The Labute approximate surface area is 183 Å². The number of likely N-dealkylation sites (tertiary alicyclic amines) is 1. The van der Waals surface area contributed by atoms with Crippen LogP contribution in [-0.2, 0) is 4.79 Å². The molecule has 4 rings (SSSR count). The molecular weight excluding hydrogens is 390 g/mol. The maximum absolute atomic E-state index is 11.7. The van der Waals surface area contributed by atoms with Crippen LogP contribution in [0.5, 0.6) is 5.75 Å². The van der Waals surface area contributed by atoms with Crippen molar-refractivity contribution in [2.75, 3.05) is 26.7 Å². The highest BCUT2D eigenvalue weighted by atomic mass is 16.5. The van der Waals surface area contributed by atoms with Gasteiger partial charge in [0.05, 0.1) is 5.52 Å². The van der Waals surface area contributed by atoms with Crippen LogP contribution in [0.4, 0.5) is 0 Å². The molecule has 1 aliphatic heterocycles. The molecule has 0 unspecified atom stereocenters. The number of carbonyl (C=O) groups is 1. The van der Waals surface area contributed by atoms with Gasteiger partial charge in [0.1, 0.15) is 11.9 Å². The van der Waals surface area contributed by atoms with Crippen molar-refractivity contribution in [3.05, 3.63) is 64.4 Å². The molecule has 0 spiro atoms. The molecule has 1 aromatic heterocycles. The first-order valence-corrected chi connectivity index (χ1v) is 10.8. The zero-order chi connectivity index (χ0) is 22.2. The Morgan fingerprint density at radius 2 is 1.74 bits per heavy atom. The summed E-state index contributed by atoms with van der Waals surface area (Å²) in [7, 11) is 1.93. The van der Waals surface area contributed by atoms with Gasteiger partial charge in [-0.1, -0.05) is 31.2 Å². The highest BCUT2D eigenvalue weighted by Gasteiger charge is 2.19. The molecule has 6 heteroatoms. The average molecular weight is 422 g/mol. The highest BCUT2D eigenvalue weighted by Crippen LogP contribution is 2.30. The Morgan fingerprint density at radius 3 is 2.35 bits per heavy atom. The summed E-state index contributed by atoms with van der Waals surface area (Å²) in [4.78, 5) is 27.2. The lowest BCUT2D eigenvalue weighted by Gasteiger charge is -2.29. The topological polar surface area (TPSA) is 74.4 Å². The second kappa shape index (κ2) is 10.8. The van der Waals surface area contributed by atoms with Crippen molar-refractivity contribution in [2.24, 2.45) is 0 Å². The Hall–Kier alpha value is -3.12. The summed E-state index contributed by atoms with van der Waals surface area (Å²) in [6.45, 7) is 6.67. The van der Waals surface area contributed by atoms with E-state index in [2.05, 4.69) is 23.3 Å². The van der Waals surface area contributed by atoms with Crippen LogP contribution in [0, 0.1) is 6.92 Å². The molecule has 0 atom stereocenters. The van der Waals surface area contributed by atoms with Gasteiger partial charge in [-0.05, 0) is 60.8 Å². The number of H-pyrrole nitrogens is 1. The number of pyridine rings is 1. The quantitative estimate of drug-likeness (QED) is 0.616. The van der Waals surface area contributed by atoms with Gasteiger partial charge in [0, 0.05) is 32.0 Å². The van der Waals surface area contributed by atoms with Gasteiger partial charge in [0.25, 0.3) is 0 Å². The maximum Gasteiger partial charge on any atom is 0.248 e. The number of fused-ring (bicyclic) bond motifs is 1. The maximum atomic E-state index is 11.7. The van der Waals surface area contributed by atoms with E-state index < -0.39 is 0 Å². The fraction of sp³-hybridized carbons (Fsp3) is 0.360. The number of nitrogens with zero attached hydrogens (tertiary/aromatic N) is 1. The normalized spacial score (nSPS) is 14.1. The molecule has 0 bridgehead atoms. The smallest absolute Gasteiger partial charge is 0.248 e. The number of piperidine rings is 1. The number of aromatic amines is 1. The molecule has 1 fully saturated rings. The molecule has 1 amide bonds. The third-order valence-corrected chi connectivity index (χ3v) is 5.61. The molecule has 1 aliphatic rings. The van der Waals surface area contributed by atoms with Crippen LogP contribution >= 0.6 is 0 Å². The summed E-state index contributed by atoms with van der Waals surface area (Å²) >= 11 is 0. The number of aromatic nitrogens is 1. The molecule has 0 saturated carbocycles. The lowest BCUT2D eigenvalue weighted by atomic mass is 9.98. The van der Waals surface area contributed by atoms with Crippen molar-refractivity contribution >= 4 is 17.3 Å². The van der Waals surface area contributed by atoms with E-state index in [4.69, 9.17) is 4.74 Å². The minimum absolute atomic E-state index is 0.0906. The highest BCUT2D eigenvalue weighted by molar-refractivity contribution is 5.88. The van der Waals surface area contributed by atoms with E-state index in [1.807, 2.05) is 50.4 Å². The predicted molar refractivity (Wildman–Crippen MR) is 126 cm³/mol. The van der Waals surface area contributed by atoms with Crippen LogP contribution in [0.1, 0.15) is 25.3 Å². The average Bonchev–Trinajstić information content (AvgIpc) is 2.81. The number of aryl methyl sites for hydroxylation is 1. The molecule has 2 heterocycles. The number of rotatable bonds is 5. The largest absolute Gasteiger partial charge is 0.490 e. The fourth-order valence-corrected chi connectivity index (χ4v) is 3.69. The zero-order valence-electron chi connectivity index (χ0n) is 18.5. The first-order chi connectivity index (χ1) is 15.0. The second-order valence-electron chi connectivity index (χ2n) is 7.72. The van der Waals surface area contributed by atoms with Crippen molar-refractivity contribution < 1.29 is 9.53 Å². The summed E-state index contributed by atoms with van der Waals surface area (Å²) in [5, 5.41) is 3.96. The number of amides is 1. The summed E-state index contributed by atoms with van der Waals surface area (Å²) < 4.78 is 6.07. The Balaban J connectivity index is 0.000000628. The van der Waals surface area contributed by atoms with Crippen LogP contribution in [0.25, 0.3) is 22.0 Å². The van der Waals surface area contributed by atoms with E-state index in [9.17, 15) is 9.59 Å². The zero-order valence-corrected chi connectivity index (χ0v) is 18.5. The molecule has 3 aromatic rings. The van der Waals surface area contributed by atoms with Crippen LogP contribution in [0.3, 0.4) is 0 Å².